The summed E-state index contributed by atoms with van der Waals surface area (Å²) in [7, 11) is 2.67. The number of thioether (sulfide) groups is 2. The topological polar surface area (TPSA) is 153 Å². The number of hydrogen-bond acceptors (Lipinski definition) is 12. The van der Waals surface area contributed by atoms with E-state index in [-0.39, 0.29) is 44.7 Å². The zero-order valence-electron chi connectivity index (χ0n) is 22.7. The summed E-state index contributed by atoms with van der Waals surface area (Å²) in [5, 5.41) is 12.6. The van der Waals surface area contributed by atoms with Gasteiger partial charge in [-0.05, 0) is 31.2 Å². The molecule has 1 aromatic carbocycles. The number of nitrogens with zero attached hydrogens (tertiary/aromatic N) is 2. The Morgan fingerprint density at radius 1 is 0.976 bits per heavy atom. The fourth-order valence-electron chi connectivity index (χ4n) is 4.43. The van der Waals surface area contributed by atoms with Crippen molar-refractivity contribution in [3.05, 3.63) is 35.9 Å². The van der Waals surface area contributed by atoms with Crippen molar-refractivity contribution in [1.82, 2.24) is 5.32 Å². The van der Waals surface area contributed by atoms with E-state index in [0.717, 1.165) is 22.1 Å². The van der Waals surface area contributed by atoms with Crippen LogP contribution in [0.4, 0.5) is 0 Å². The number of benzene rings is 1. The van der Waals surface area contributed by atoms with Crippen LogP contribution in [-0.4, -0.2) is 89.0 Å². The molecule has 1 fully saturated rings. The van der Waals surface area contributed by atoms with Gasteiger partial charge < -0.3 is 19.3 Å². The van der Waals surface area contributed by atoms with E-state index in [2.05, 4.69) is 20.0 Å². The highest BCUT2D eigenvalue weighted by molar-refractivity contribution is 8.14. The van der Waals surface area contributed by atoms with Crippen LogP contribution in [0.3, 0.4) is 0 Å². The molecule has 11 nitrogen and oxygen atoms in total. The minimum absolute atomic E-state index is 0. The van der Waals surface area contributed by atoms with Gasteiger partial charge in [-0.2, -0.15) is 0 Å². The maximum atomic E-state index is 12.3. The standard InChI is InChI=1S/C18H23NO5S.C9H12N2O3S.CH4/c1-22-16(20)8-9-18(17(21)23-2)10-11-25-15(19-18)13-24-12-14-6-4-3-5-7-14;12-5-7-11-9(3-4-15-7)2-1-6(13)10-8(9)14;/h3-7H,8-13H2,1-2H3;12H,1-5H2,(H,10,13,14);1H4. The zero-order valence-corrected chi connectivity index (χ0v) is 24.3. The van der Waals surface area contributed by atoms with Crippen LogP contribution in [0.5, 0.6) is 0 Å². The Bertz CT molecular complexity index is 1130. The van der Waals surface area contributed by atoms with E-state index in [1.54, 1.807) is 11.8 Å². The quantitative estimate of drug-likeness (QED) is 0.316. The Morgan fingerprint density at radius 2 is 1.68 bits per heavy atom. The maximum absolute atomic E-state index is 12.3. The van der Waals surface area contributed by atoms with Gasteiger partial charge in [-0.3, -0.25) is 29.7 Å². The van der Waals surface area contributed by atoms with E-state index in [1.807, 2.05) is 30.3 Å². The second kappa shape index (κ2) is 16.6. The van der Waals surface area contributed by atoms with Crippen molar-refractivity contribution in [3.8, 4) is 0 Å². The number of aliphatic hydroxyl groups excluding tert-OH is 1. The molecule has 0 aliphatic carbocycles. The maximum Gasteiger partial charge on any atom is 0.333 e. The molecular weight excluding hydrogens is 570 g/mol. The highest BCUT2D eigenvalue weighted by Crippen LogP contribution is 2.34. The molecule has 0 saturated carbocycles. The number of piperidine rings is 1. The first kappa shape index (κ1) is 34.5. The van der Waals surface area contributed by atoms with Gasteiger partial charge >= 0.3 is 11.9 Å². The van der Waals surface area contributed by atoms with Crippen molar-refractivity contribution in [1.29, 1.82) is 0 Å². The SMILES string of the molecule is C.COC(=O)CCC1(C(=O)OC)CCSC(COCc2ccccc2)=N1.O=C1CCC2(CCSC(CO)=N2)C(=O)N1. The normalized spacial score (nSPS) is 23.6. The van der Waals surface area contributed by atoms with E-state index >= 15 is 0 Å². The average molecular weight is 610 g/mol. The minimum atomic E-state index is -1.03. The Hall–Kier alpha value is -2.74. The fraction of sp³-hybridized carbons (Fsp3) is 0.571. The first-order valence-electron chi connectivity index (χ1n) is 12.9. The van der Waals surface area contributed by atoms with Crippen molar-refractivity contribution in [2.45, 2.75) is 63.6 Å². The first-order chi connectivity index (χ1) is 19.3. The summed E-state index contributed by atoms with van der Waals surface area (Å²) in [6.07, 6.45) is 2.36. The Labute approximate surface area is 249 Å². The molecule has 2 amide bonds. The molecule has 13 heteroatoms. The van der Waals surface area contributed by atoms with Crippen molar-refractivity contribution < 1.29 is 38.5 Å². The lowest BCUT2D eigenvalue weighted by Crippen LogP contribution is -2.54. The summed E-state index contributed by atoms with van der Waals surface area (Å²) in [4.78, 5) is 55.4. The third kappa shape index (κ3) is 9.66. The van der Waals surface area contributed by atoms with Gasteiger partial charge in [0, 0.05) is 24.3 Å². The predicted octanol–water partition coefficient (Wildman–Crippen LogP) is 2.93. The summed E-state index contributed by atoms with van der Waals surface area (Å²) in [6, 6.07) is 9.85. The second-order valence-corrected chi connectivity index (χ2v) is 11.7. The van der Waals surface area contributed by atoms with Gasteiger partial charge in [-0.15, -0.1) is 23.5 Å². The summed E-state index contributed by atoms with van der Waals surface area (Å²) in [5.41, 5.74) is -0.745. The molecule has 2 N–H and O–H groups in total. The summed E-state index contributed by atoms with van der Waals surface area (Å²) >= 11 is 3.04. The summed E-state index contributed by atoms with van der Waals surface area (Å²) < 4.78 is 15.3. The molecule has 0 aromatic heterocycles. The van der Waals surface area contributed by atoms with Gasteiger partial charge in [0.05, 0.1) is 44.1 Å². The smallest absolute Gasteiger partial charge is 0.333 e. The number of methoxy groups -OCH3 is 2. The lowest BCUT2D eigenvalue weighted by molar-refractivity contribution is -0.148. The highest BCUT2D eigenvalue weighted by atomic mass is 32.2. The van der Waals surface area contributed by atoms with E-state index in [4.69, 9.17) is 14.6 Å². The molecule has 226 valence electrons. The van der Waals surface area contributed by atoms with Crippen LogP contribution in [0, 0.1) is 0 Å². The third-order valence-corrected chi connectivity index (χ3v) is 8.61. The van der Waals surface area contributed by atoms with Crippen LogP contribution in [-0.2, 0) is 40.0 Å². The number of aliphatic hydroxyl groups is 1. The lowest BCUT2D eigenvalue weighted by Gasteiger charge is -2.34. The van der Waals surface area contributed by atoms with Gasteiger partial charge in [-0.25, -0.2) is 4.79 Å². The van der Waals surface area contributed by atoms with E-state index in [0.29, 0.717) is 43.9 Å². The highest BCUT2D eigenvalue weighted by Gasteiger charge is 2.44. The average Bonchev–Trinajstić information content (AvgIpc) is 2.99. The minimum Gasteiger partial charge on any atom is -0.469 e. The van der Waals surface area contributed by atoms with E-state index in [9.17, 15) is 19.2 Å². The van der Waals surface area contributed by atoms with Gasteiger partial charge in [0.1, 0.15) is 5.54 Å². The molecule has 4 rings (SSSR count). The Morgan fingerprint density at radius 3 is 2.34 bits per heavy atom. The van der Waals surface area contributed by atoms with Crippen LogP contribution in [0.15, 0.2) is 40.3 Å². The van der Waals surface area contributed by atoms with Crippen LogP contribution in [0.2, 0.25) is 0 Å². The van der Waals surface area contributed by atoms with E-state index in [1.165, 1.54) is 26.0 Å². The number of aliphatic imine (C=N–C) groups is 2. The fourth-order valence-corrected chi connectivity index (χ4v) is 6.52. The predicted molar refractivity (Wildman–Crippen MR) is 160 cm³/mol. The van der Waals surface area contributed by atoms with Crippen LogP contribution in [0.1, 0.15) is 51.5 Å². The second-order valence-electron chi connectivity index (χ2n) is 9.35. The van der Waals surface area contributed by atoms with Crippen LogP contribution >= 0.6 is 23.5 Å². The van der Waals surface area contributed by atoms with Gasteiger partial charge in [0.2, 0.25) is 5.91 Å². The number of amides is 2. The molecule has 2 atom stereocenters. The van der Waals surface area contributed by atoms with E-state index < -0.39 is 17.0 Å². The van der Waals surface area contributed by atoms with Crippen molar-refractivity contribution in [2.24, 2.45) is 9.98 Å². The molecule has 1 saturated heterocycles. The molecule has 1 aromatic rings. The Kier molecular flexibility index (Phi) is 14.0. The molecule has 0 bridgehead atoms. The summed E-state index contributed by atoms with van der Waals surface area (Å²) in [5.74, 6) is 0.163. The number of carbonyl (C=O) groups is 4. The monoisotopic (exact) mass is 609 g/mol. The van der Waals surface area contributed by atoms with Gasteiger partial charge in [0.15, 0.2) is 5.54 Å². The van der Waals surface area contributed by atoms with Crippen LogP contribution in [0.25, 0.3) is 0 Å². The van der Waals surface area contributed by atoms with Crippen molar-refractivity contribution in [3.63, 3.8) is 0 Å². The molecule has 3 aliphatic heterocycles. The molecule has 3 heterocycles. The number of nitrogens with one attached hydrogen (secondary N) is 1. The van der Waals surface area contributed by atoms with Gasteiger partial charge in [0.25, 0.3) is 5.91 Å². The molecule has 2 unspecified atom stereocenters. The number of ether oxygens (including phenoxy) is 3. The molecule has 41 heavy (non-hydrogen) atoms. The molecular formula is C28H39N3O8S2. The number of rotatable bonds is 9. The number of imide groups is 1. The zero-order chi connectivity index (χ0) is 29.0. The third-order valence-electron chi connectivity index (χ3n) is 6.70. The summed E-state index contributed by atoms with van der Waals surface area (Å²) in [6.45, 7) is 0.679. The van der Waals surface area contributed by atoms with Crippen molar-refractivity contribution in [2.75, 3.05) is 38.9 Å². The molecule has 3 aliphatic rings. The molecule has 1 spiro atoms. The largest absolute Gasteiger partial charge is 0.469 e. The van der Waals surface area contributed by atoms with Gasteiger partial charge in [-0.1, -0.05) is 37.8 Å². The first-order valence-corrected chi connectivity index (χ1v) is 14.9. The molecule has 0 radical (unpaired) electrons. The van der Waals surface area contributed by atoms with Crippen LogP contribution < -0.4 is 5.32 Å². The van der Waals surface area contributed by atoms with Crippen molar-refractivity contribution >= 4 is 57.4 Å². The Balaban J connectivity index is 0.000000314. The lowest BCUT2D eigenvalue weighted by atomic mass is 9.87. The number of hydrogen-bond donors (Lipinski definition) is 2. The number of carbonyl (C=O) groups excluding carboxylic acids is 4. The number of esters is 2.